The predicted molar refractivity (Wildman–Crippen MR) is 121 cm³/mol. The van der Waals surface area contributed by atoms with Crippen LogP contribution in [0.2, 0.25) is 0 Å². The van der Waals surface area contributed by atoms with Crippen LogP contribution in [0.3, 0.4) is 0 Å². The Labute approximate surface area is 186 Å². The fourth-order valence-electron chi connectivity index (χ4n) is 3.87. The van der Waals surface area contributed by atoms with Crippen LogP contribution in [-0.2, 0) is 4.79 Å². The Hall–Kier alpha value is -1.87. The van der Waals surface area contributed by atoms with Crippen LogP contribution in [0.4, 0.5) is 15.8 Å². The number of non-ortho nitro benzene ring substituents is 1. The number of benzene rings is 1. The Morgan fingerprint density at radius 2 is 2.00 bits per heavy atom. The van der Waals surface area contributed by atoms with Gasteiger partial charge in [-0.05, 0) is 18.9 Å². The summed E-state index contributed by atoms with van der Waals surface area (Å²) in [7, 11) is 1.94. The lowest BCUT2D eigenvalue weighted by Gasteiger charge is -2.23. The number of anilines is 1. The van der Waals surface area contributed by atoms with Gasteiger partial charge in [0.25, 0.3) is 5.69 Å². The second-order valence-corrected chi connectivity index (χ2v) is 9.08. The molecule has 2 aliphatic rings. The molecule has 7 nitrogen and oxygen atoms in total. The number of nitro benzene ring substituents is 1. The van der Waals surface area contributed by atoms with Crippen molar-refractivity contribution in [2.45, 2.75) is 69.2 Å². The maximum absolute atomic E-state index is 13.9. The van der Waals surface area contributed by atoms with E-state index in [-0.39, 0.29) is 47.4 Å². The average Bonchev–Trinajstić information content (AvgIpc) is 2.85. The Morgan fingerprint density at radius 1 is 1.33 bits per heavy atom. The summed E-state index contributed by atoms with van der Waals surface area (Å²) in [5.41, 5.74) is -0.432. The molecule has 3 rings (SSSR count). The van der Waals surface area contributed by atoms with Crippen molar-refractivity contribution < 1.29 is 14.1 Å². The summed E-state index contributed by atoms with van der Waals surface area (Å²) in [6.45, 7) is 2.06. The number of rotatable bonds is 5. The number of amidine groups is 1. The van der Waals surface area contributed by atoms with E-state index in [1.165, 1.54) is 25.7 Å². The molecule has 0 aromatic heterocycles. The number of nitrogens with one attached hydrogen (secondary N) is 1. The molecule has 1 aliphatic carbocycles. The van der Waals surface area contributed by atoms with Gasteiger partial charge in [-0.1, -0.05) is 44.4 Å². The largest absolute Gasteiger partial charge is 0.350 e. The van der Waals surface area contributed by atoms with Crippen molar-refractivity contribution in [3.8, 4) is 0 Å². The molecule has 0 spiro atoms. The van der Waals surface area contributed by atoms with E-state index in [4.69, 9.17) is 4.99 Å². The van der Waals surface area contributed by atoms with Gasteiger partial charge in [0.05, 0.1) is 22.7 Å². The molecule has 2 unspecified atom stereocenters. The Morgan fingerprint density at radius 3 is 2.63 bits per heavy atom. The molecule has 2 fully saturated rings. The van der Waals surface area contributed by atoms with Gasteiger partial charge >= 0.3 is 0 Å². The minimum Gasteiger partial charge on any atom is -0.350 e. The second kappa shape index (κ2) is 10.9. The third kappa shape index (κ3) is 6.07. The summed E-state index contributed by atoms with van der Waals surface area (Å²) in [6, 6.07) is 3.39. The Balaban J connectivity index is 0.00000320. The van der Waals surface area contributed by atoms with E-state index < -0.39 is 10.7 Å². The van der Waals surface area contributed by atoms with Crippen LogP contribution >= 0.6 is 24.2 Å². The van der Waals surface area contributed by atoms with Crippen LogP contribution in [0.5, 0.6) is 0 Å². The van der Waals surface area contributed by atoms with Gasteiger partial charge in [-0.3, -0.25) is 19.9 Å². The first-order valence-corrected chi connectivity index (χ1v) is 10.9. The number of carbonyl (C=O) groups is 1. The fraction of sp³-hybridized carbons (Fsp3) is 0.600. The quantitative estimate of drug-likeness (QED) is 0.381. The van der Waals surface area contributed by atoms with Crippen molar-refractivity contribution in [1.82, 2.24) is 4.90 Å². The lowest BCUT2D eigenvalue weighted by Crippen LogP contribution is -2.36. The lowest BCUT2D eigenvalue weighted by molar-refractivity contribution is -0.384. The molecule has 1 saturated carbocycles. The fourth-order valence-corrected chi connectivity index (χ4v) is 5.15. The molecule has 166 valence electrons. The summed E-state index contributed by atoms with van der Waals surface area (Å²) < 4.78 is 13.9. The highest BCUT2D eigenvalue weighted by Crippen LogP contribution is 2.34. The number of hydrogen-bond acceptors (Lipinski definition) is 5. The zero-order valence-electron chi connectivity index (χ0n) is 17.2. The molecule has 1 heterocycles. The molecule has 30 heavy (non-hydrogen) atoms. The van der Waals surface area contributed by atoms with E-state index in [1.807, 2.05) is 11.9 Å². The van der Waals surface area contributed by atoms with Crippen molar-refractivity contribution in [3.05, 3.63) is 34.1 Å². The molecule has 2 atom stereocenters. The number of amides is 1. The molecular weight excluding hydrogens is 431 g/mol. The average molecular weight is 459 g/mol. The first-order valence-electron chi connectivity index (χ1n) is 10.1. The van der Waals surface area contributed by atoms with Crippen LogP contribution in [-0.4, -0.2) is 45.3 Å². The van der Waals surface area contributed by atoms with E-state index >= 15 is 0 Å². The molecule has 0 bridgehead atoms. The smallest absolute Gasteiger partial charge is 0.271 e. The van der Waals surface area contributed by atoms with E-state index in [2.05, 4.69) is 12.2 Å². The molecule has 1 aliphatic heterocycles. The summed E-state index contributed by atoms with van der Waals surface area (Å²) >= 11 is 1.67. The third-order valence-corrected chi connectivity index (χ3v) is 6.87. The number of carbonyl (C=O) groups excluding carboxylic acids is 1. The minimum atomic E-state index is -0.693. The normalized spacial score (nSPS) is 23.7. The van der Waals surface area contributed by atoms with E-state index in [0.29, 0.717) is 6.04 Å². The van der Waals surface area contributed by atoms with Crippen LogP contribution in [0, 0.1) is 15.9 Å². The second-order valence-electron chi connectivity index (χ2n) is 7.73. The van der Waals surface area contributed by atoms with Crippen molar-refractivity contribution >= 4 is 46.6 Å². The van der Waals surface area contributed by atoms with Crippen molar-refractivity contribution in [1.29, 1.82) is 0 Å². The number of nitro groups is 1. The highest BCUT2D eigenvalue weighted by molar-refractivity contribution is 8.14. The van der Waals surface area contributed by atoms with Crippen LogP contribution in [0.25, 0.3) is 0 Å². The zero-order chi connectivity index (χ0) is 21.0. The van der Waals surface area contributed by atoms with E-state index in [1.54, 1.807) is 11.8 Å². The van der Waals surface area contributed by atoms with Gasteiger partial charge < -0.3 is 10.2 Å². The van der Waals surface area contributed by atoms with Gasteiger partial charge in [0.2, 0.25) is 5.91 Å². The van der Waals surface area contributed by atoms with E-state index in [9.17, 15) is 19.3 Å². The molecule has 1 aromatic carbocycles. The number of nitrogens with zero attached hydrogens (tertiary/aromatic N) is 3. The molecule has 1 saturated heterocycles. The Bertz CT molecular complexity index is 802. The summed E-state index contributed by atoms with van der Waals surface area (Å²) in [5.74, 6) is -1.06. The highest BCUT2D eigenvalue weighted by Gasteiger charge is 2.36. The summed E-state index contributed by atoms with van der Waals surface area (Å²) in [5, 5.41) is 14.5. The minimum absolute atomic E-state index is 0. The number of hydrogen-bond donors (Lipinski definition) is 1. The summed E-state index contributed by atoms with van der Waals surface area (Å²) in [6.07, 6.45) is 7.37. The predicted octanol–water partition coefficient (Wildman–Crippen LogP) is 5.00. The summed E-state index contributed by atoms with van der Waals surface area (Å²) in [4.78, 5) is 29.8. The molecule has 1 amide bonds. The van der Waals surface area contributed by atoms with Gasteiger partial charge in [0.15, 0.2) is 5.17 Å². The van der Waals surface area contributed by atoms with E-state index in [0.717, 1.165) is 36.2 Å². The number of halogens is 2. The number of aliphatic imine (C=N–C) groups is 1. The first-order chi connectivity index (χ1) is 13.8. The Kier molecular flexibility index (Phi) is 8.91. The highest BCUT2D eigenvalue weighted by atomic mass is 35.5. The third-order valence-electron chi connectivity index (χ3n) is 5.58. The van der Waals surface area contributed by atoms with Gasteiger partial charge in [0.1, 0.15) is 5.82 Å². The molecule has 0 radical (unpaired) electrons. The SMILES string of the molecule is CC1S/C(=N\C2CCCCCC2)N(C)C1CC(=O)Nc1cc([N+](=O)[O-])ccc1F.Cl. The van der Waals surface area contributed by atoms with Gasteiger partial charge in [-0.25, -0.2) is 4.39 Å². The maximum atomic E-state index is 13.9. The standard InChI is InChI=1S/C20H27FN4O3S.ClH/c1-13-18(24(2)20(29-13)22-14-7-5-3-4-6-8-14)12-19(26)23-17-11-15(25(27)28)9-10-16(17)21;/h9-11,13-14,18H,3-8,12H2,1-2H3,(H,23,26);1H/b22-20-;. The number of thioether (sulfide) groups is 1. The first kappa shape index (κ1) is 24.4. The van der Waals surface area contributed by atoms with Gasteiger partial charge in [0, 0.05) is 30.9 Å². The molecular formula is C20H28ClFN4O3S. The lowest BCUT2D eigenvalue weighted by atomic mass is 10.1. The molecule has 10 heteroatoms. The maximum Gasteiger partial charge on any atom is 0.271 e. The van der Waals surface area contributed by atoms with Gasteiger partial charge in [-0.2, -0.15) is 0 Å². The van der Waals surface area contributed by atoms with Crippen LogP contribution < -0.4 is 5.32 Å². The molecule has 1 aromatic rings. The van der Waals surface area contributed by atoms with Crippen LogP contribution in [0.15, 0.2) is 23.2 Å². The van der Waals surface area contributed by atoms with Crippen LogP contribution in [0.1, 0.15) is 51.9 Å². The van der Waals surface area contributed by atoms with Crippen molar-refractivity contribution in [2.24, 2.45) is 4.99 Å². The topological polar surface area (TPSA) is 87.8 Å². The monoisotopic (exact) mass is 458 g/mol. The zero-order valence-corrected chi connectivity index (χ0v) is 18.8. The molecule has 1 N–H and O–H groups in total. The van der Waals surface area contributed by atoms with Crippen molar-refractivity contribution in [2.75, 3.05) is 12.4 Å². The van der Waals surface area contributed by atoms with Gasteiger partial charge in [-0.15, -0.1) is 12.4 Å². The van der Waals surface area contributed by atoms with Crippen molar-refractivity contribution in [3.63, 3.8) is 0 Å².